The van der Waals surface area contributed by atoms with Crippen molar-refractivity contribution in [1.82, 2.24) is 45.7 Å². The molecule has 2 aliphatic rings. The van der Waals surface area contributed by atoms with Crippen molar-refractivity contribution in [2.75, 3.05) is 29.2 Å². The van der Waals surface area contributed by atoms with Gasteiger partial charge in [0.15, 0.2) is 0 Å². The molecule has 4 amide bonds. The fraction of sp³-hybridized carbons (Fsp3) is 0.292. The molecule has 3 atom stereocenters. The van der Waals surface area contributed by atoms with Crippen LogP contribution in [0.2, 0.25) is 0 Å². The molecule has 0 bridgehead atoms. The minimum Gasteiger partial charge on any atom is -0.543 e. The van der Waals surface area contributed by atoms with Crippen molar-refractivity contribution in [3.05, 3.63) is 57.6 Å². The molecule has 1 fully saturated rings. The zero-order chi connectivity index (χ0) is 31.5. The summed E-state index contributed by atoms with van der Waals surface area (Å²) in [6, 6.07) is 1.99. The zero-order valence-electron chi connectivity index (χ0n) is 23.9. The number of aromatic nitrogens is 6. The zero-order valence-corrected chi connectivity index (χ0v) is 27.6. The number of nitrogens with one attached hydrogen (secondary N) is 5. The van der Waals surface area contributed by atoms with Crippen molar-refractivity contribution in [2.24, 2.45) is 7.05 Å². The number of β-lactam (4-membered cyclic amide) rings is 1. The number of thioether (sulfide) groups is 2. The van der Waals surface area contributed by atoms with Gasteiger partial charge in [0.25, 0.3) is 11.5 Å². The smallest absolute Gasteiger partial charge is 0.543 e. The molecule has 5 rings (SSSR count). The third-order valence-electron chi connectivity index (χ3n) is 6.54. The fourth-order valence-electron chi connectivity index (χ4n) is 4.38. The van der Waals surface area contributed by atoms with Crippen LogP contribution in [0.4, 0.5) is 16.4 Å². The molecule has 21 heteroatoms. The number of H-pyrrole nitrogens is 1. The molecule has 1 aromatic carbocycles. The molecule has 2 aromatic heterocycles. The summed E-state index contributed by atoms with van der Waals surface area (Å²) in [4.78, 5) is 71.3. The van der Waals surface area contributed by atoms with Crippen LogP contribution in [0.5, 0.6) is 5.75 Å². The Labute approximate surface area is 284 Å². The van der Waals surface area contributed by atoms with E-state index < -0.39 is 46.8 Å². The van der Waals surface area contributed by atoms with E-state index in [-0.39, 0.29) is 69.7 Å². The predicted molar refractivity (Wildman–Crippen MR) is 154 cm³/mol. The van der Waals surface area contributed by atoms with Gasteiger partial charge in [-0.2, -0.15) is 0 Å². The number of anilines is 2. The van der Waals surface area contributed by atoms with Crippen LogP contribution < -0.4 is 61.5 Å². The van der Waals surface area contributed by atoms with Gasteiger partial charge in [0.1, 0.15) is 28.9 Å². The quantitative estimate of drug-likeness (QED) is 0.0675. The number of tetrazole rings is 1. The van der Waals surface area contributed by atoms with Gasteiger partial charge in [0, 0.05) is 25.6 Å². The van der Waals surface area contributed by atoms with E-state index in [9.17, 15) is 34.2 Å². The average molecular weight is 666 g/mol. The molecule has 18 nitrogen and oxygen atoms in total. The van der Waals surface area contributed by atoms with E-state index in [1.807, 2.05) is 0 Å². The van der Waals surface area contributed by atoms with Gasteiger partial charge in [0.05, 0.1) is 17.9 Å². The number of hydrogen-bond acceptors (Lipinski definition) is 14. The number of rotatable bonds is 10. The van der Waals surface area contributed by atoms with Gasteiger partial charge in [-0.1, -0.05) is 23.9 Å². The molecular weight excluding hydrogens is 641 g/mol. The maximum Gasteiger partial charge on any atom is 1.00 e. The predicted octanol–water partition coefficient (Wildman–Crippen LogP) is -4.90. The Bertz CT molecular complexity index is 1720. The second kappa shape index (κ2) is 14.3. The van der Waals surface area contributed by atoms with Gasteiger partial charge in [-0.15, -0.1) is 16.9 Å². The van der Waals surface area contributed by atoms with E-state index in [0.717, 1.165) is 11.1 Å². The van der Waals surface area contributed by atoms with Gasteiger partial charge in [-0.05, 0) is 33.7 Å². The topological polar surface area (TPSA) is 252 Å². The first-order valence-electron chi connectivity index (χ1n) is 12.7. The molecule has 3 aromatic rings. The van der Waals surface area contributed by atoms with Crippen molar-refractivity contribution >= 4 is 59.0 Å². The number of carbonyl (C=O) groups is 4. The van der Waals surface area contributed by atoms with E-state index >= 15 is 0 Å². The van der Waals surface area contributed by atoms with Gasteiger partial charge in [-0.3, -0.25) is 24.3 Å². The van der Waals surface area contributed by atoms with Crippen molar-refractivity contribution in [2.45, 2.75) is 22.6 Å². The van der Waals surface area contributed by atoms with Crippen LogP contribution in [0.25, 0.3) is 0 Å². The second-order valence-electron chi connectivity index (χ2n) is 9.36. The van der Waals surface area contributed by atoms with Crippen molar-refractivity contribution in [1.29, 1.82) is 0 Å². The molecule has 4 heterocycles. The number of carboxylic acids is 1. The number of carboxylic acid groups (broad SMARTS) is 1. The van der Waals surface area contributed by atoms with Crippen LogP contribution in [-0.4, -0.2) is 94.0 Å². The first-order valence-corrected chi connectivity index (χ1v) is 14.8. The molecule has 45 heavy (non-hydrogen) atoms. The standard InChI is InChI=1S/C24H25N11O7S2.Na/c1-25-22-26-7-13(17(37)30-22)27-23(42)29-14(10-3-5-12(36)6-4-10)18(38)28-15-19(39)35-16(21(40)41)11(8-43-20(15)35)9-44-24-31-32-33-34(24)2;/h3-7,14-15,20,36H,8-9H2,1-2H3,(H,28,38)(H,40,41)(H2,27,29,42)(H2,25,26,30,37);/q;+1/p-1/t14-,15?,20-;/m1./s1. The van der Waals surface area contributed by atoms with E-state index in [1.165, 1.54) is 52.5 Å². The first kappa shape index (κ1) is 33.8. The summed E-state index contributed by atoms with van der Waals surface area (Å²) in [6.45, 7) is 0. The molecule has 6 N–H and O–H groups in total. The number of aromatic hydroxyl groups is 1. The number of phenols is 1. The summed E-state index contributed by atoms with van der Waals surface area (Å²) in [5.74, 6) is -2.49. The molecule has 0 radical (unpaired) electrons. The molecular formula is C24H24N11NaO7S2. The minimum atomic E-state index is -1.53. The molecule has 2 aliphatic heterocycles. The molecule has 0 aliphatic carbocycles. The number of carbonyl (C=O) groups excluding carboxylic acids is 4. The summed E-state index contributed by atoms with van der Waals surface area (Å²) in [5.41, 5.74) is -0.434. The van der Waals surface area contributed by atoms with Crippen molar-refractivity contribution in [3.8, 4) is 5.75 Å². The fourth-order valence-corrected chi connectivity index (χ4v) is 6.72. The van der Waals surface area contributed by atoms with Crippen LogP contribution in [-0.2, 0) is 21.4 Å². The van der Waals surface area contributed by atoms with Crippen LogP contribution in [0.15, 0.2) is 51.7 Å². The largest absolute Gasteiger partial charge is 1.00 e. The number of aliphatic carboxylic acids is 1. The van der Waals surface area contributed by atoms with Crippen LogP contribution >= 0.6 is 23.5 Å². The van der Waals surface area contributed by atoms with E-state index in [0.29, 0.717) is 10.7 Å². The summed E-state index contributed by atoms with van der Waals surface area (Å²) in [7, 11) is 3.18. The molecule has 230 valence electrons. The van der Waals surface area contributed by atoms with Crippen molar-refractivity contribution in [3.63, 3.8) is 0 Å². The Morgan fingerprint density at radius 1 is 1.24 bits per heavy atom. The number of phenolic OH excluding ortho intramolecular Hbond substituents is 1. The molecule has 0 saturated carbocycles. The summed E-state index contributed by atoms with van der Waals surface area (Å²) in [6.07, 6.45) is 1.13. The summed E-state index contributed by atoms with van der Waals surface area (Å²) < 4.78 is 1.43. The molecule has 0 spiro atoms. The number of urea groups is 1. The monoisotopic (exact) mass is 665 g/mol. The normalized spacial score (nSPS) is 17.7. The van der Waals surface area contributed by atoms with Gasteiger partial charge in [-0.25, -0.2) is 14.5 Å². The Kier molecular flexibility index (Phi) is 10.8. The first-order chi connectivity index (χ1) is 21.1. The van der Waals surface area contributed by atoms with Crippen molar-refractivity contribution < 1.29 is 58.9 Å². The van der Waals surface area contributed by atoms with Crippen LogP contribution in [0.1, 0.15) is 11.6 Å². The van der Waals surface area contributed by atoms with Crippen LogP contribution in [0, 0.1) is 0 Å². The summed E-state index contributed by atoms with van der Waals surface area (Å²) in [5, 5.41) is 42.7. The van der Waals surface area contributed by atoms with E-state index in [1.54, 1.807) is 14.1 Å². The Balaban J connectivity index is 0.00000461. The number of hydrogen-bond donors (Lipinski definition) is 6. The van der Waals surface area contributed by atoms with Gasteiger partial charge < -0.3 is 36.3 Å². The van der Waals surface area contributed by atoms with E-state index in [4.69, 9.17) is 0 Å². The number of amides is 4. The van der Waals surface area contributed by atoms with Gasteiger partial charge >= 0.3 is 35.6 Å². The Morgan fingerprint density at radius 3 is 2.60 bits per heavy atom. The number of fused-ring (bicyclic) bond motifs is 1. The summed E-state index contributed by atoms with van der Waals surface area (Å²) >= 11 is 2.45. The Morgan fingerprint density at radius 2 is 1.98 bits per heavy atom. The van der Waals surface area contributed by atoms with E-state index in [2.05, 4.69) is 46.8 Å². The van der Waals surface area contributed by atoms with Crippen LogP contribution in [0.3, 0.4) is 0 Å². The van der Waals surface area contributed by atoms with Gasteiger partial charge in [0.2, 0.25) is 17.0 Å². The number of aromatic amines is 1. The number of benzene rings is 1. The third-order valence-corrected chi connectivity index (χ3v) is 8.98. The molecule has 1 saturated heterocycles. The Hall–Kier alpha value is -4.11. The maximum absolute atomic E-state index is 13.5. The number of aryl methyl sites for hydroxylation is 1. The maximum atomic E-state index is 13.5. The number of nitrogens with zero attached hydrogens (tertiary/aromatic N) is 6. The second-order valence-corrected chi connectivity index (χ2v) is 11.4. The molecule has 1 unspecified atom stereocenters. The minimum absolute atomic E-state index is 0. The average Bonchev–Trinajstić information content (AvgIpc) is 3.42. The SMILES string of the molecule is CNc1ncc(NC(=O)N[C@@H](C(=O)NC2C(=O)N3C(C(=O)[O-])=C(CSc4nnnn4C)CS[C@H]23)c2ccc(O)cc2)c(=O)[nH]1.[Na+]. The third kappa shape index (κ3) is 7.25.